The molecule has 0 saturated carbocycles. The maximum atomic E-state index is 3.69. The topological polar surface area (TPSA) is 12.0 Å². The Bertz CT molecular complexity index is 748. The molecule has 0 bridgehead atoms. The SMILES string of the molecule is CCCNC(c1csc(Br)c1)c1csc2c(Br)cccc12. The van der Waals surface area contributed by atoms with E-state index in [4.69, 9.17) is 0 Å². The molecule has 0 amide bonds. The second-order valence-corrected chi connectivity index (χ2v) is 8.90. The summed E-state index contributed by atoms with van der Waals surface area (Å²) in [5.41, 5.74) is 2.70. The van der Waals surface area contributed by atoms with E-state index in [1.54, 1.807) is 11.3 Å². The summed E-state index contributed by atoms with van der Waals surface area (Å²) in [6.45, 7) is 3.22. The predicted molar refractivity (Wildman–Crippen MR) is 102 cm³/mol. The van der Waals surface area contributed by atoms with Gasteiger partial charge in [0.25, 0.3) is 0 Å². The van der Waals surface area contributed by atoms with Crippen LogP contribution in [0.2, 0.25) is 0 Å². The third-order valence-corrected chi connectivity index (χ3v) is 6.91. The number of hydrogen-bond donors (Lipinski definition) is 1. The first-order valence-electron chi connectivity index (χ1n) is 6.83. The van der Waals surface area contributed by atoms with Crippen molar-refractivity contribution in [3.05, 3.63) is 54.4 Å². The smallest absolute Gasteiger partial charge is 0.0701 e. The van der Waals surface area contributed by atoms with Crippen LogP contribution in [0, 0.1) is 0 Å². The third-order valence-electron chi connectivity index (χ3n) is 3.41. The number of nitrogens with one attached hydrogen (secondary N) is 1. The van der Waals surface area contributed by atoms with Gasteiger partial charge in [-0.25, -0.2) is 0 Å². The average molecular weight is 445 g/mol. The van der Waals surface area contributed by atoms with E-state index in [9.17, 15) is 0 Å². The summed E-state index contributed by atoms with van der Waals surface area (Å²) >= 11 is 10.8. The summed E-state index contributed by atoms with van der Waals surface area (Å²) < 4.78 is 3.68. The molecule has 0 aliphatic heterocycles. The van der Waals surface area contributed by atoms with Gasteiger partial charge in [-0.1, -0.05) is 19.1 Å². The van der Waals surface area contributed by atoms with E-state index in [2.05, 4.69) is 79.1 Å². The van der Waals surface area contributed by atoms with Gasteiger partial charge in [0.1, 0.15) is 0 Å². The zero-order valence-electron chi connectivity index (χ0n) is 11.5. The van der Waals surface area contributed by atoms with E-state index in [1.807, 2.05) is 11.3 Å². The monoisotopic (exact) mass is 443 g/mol. The van der Waals surface area contributed by atoms with Crippen molar-refractivity contribution in [2.45, 2.75) is 19.4 Å². The fourth-order valence-electron chi connectivity index (χ4n) is 2.44. The fraction of sp³-hybridized carbons (Fsp3) is 0.250. The maximum Gasteiger partial charge on any atom is 0.0701 e. The minimum atomic E-state index is 0.260. The molecule has 0 radical (unpaired) electrons. The molecule has 1 unspecified atom stereocenters. The average Bonchev–Trinajstić information content (AvgIpc) is 3.08. The molecule has 21 heavy (non-hydrogen) atoms. The molecule has 2 aromatic heterocycles. The minimum Gasteiger partial charge on any atom is -0.306 e. The normalized spacial score (nSPS) is 12.9. The van der Waals surface area contributed by atoms with Crippen LogP contribution in [-0.4, -0.2) is 6.54 Å². The molecule has 0 fully saturated rings. The number of benzene rings is 1. The summed E-state index contributed by atoms with van der Waals surface area (Å²) in [6.07, 6.45) is 1.13. The van der Waals surface area contributed by atoms with E-state index in [0.29, 0.717) is 0 Å². The van der Waals surface area contributed by atoms with Crippen LogP contribution in [0.1, 0.15) is 30.5 Å². The number of halogens is 2. The number of fused-ring (bicyclic) bond motifs is 1. The molecule has 1 nitrogen and oxygen atoms in total. The zero-order chi connectivity index (χ0) is 14.8. The maximum absolute atomic E-state index is 3.69. The molecule has 1 atom stereocenters. The van der Waals surface area contributed by atoms with Gasteiger partial charge in [0.2, 0.25) is 0 Å². The van der Waals surface area contributed by atoms with Crippen molar-refractivity contribution in [3.63, 3.8) is 0 Å². The molecule has 1 N–H and O–H groups in total. The molecule has 110 valence electrons. The standard InChI is InChI=1S/C16H15Br2NS2/c1-2-6-19-15(10-7-14(18)20-8-10)12-9-21-16-11(12)4-3-5-13(16)17/h3-5,7-9,15,19H,2,6H2,1H3. The minimum absolute atomic E-state index is 0.260. The lowest BCUT2D eigenvalue weighted by Gasteiger charge is -2.17. The highest BCUT2D eigenvalue weighted by molar-refractivity contribution is 9.11. The summed E-state index contributed by atoms with van der Waals surface area (Å²) in [7, 11) is 0. The Hall–Kier alpha value is -0.200. The first-order chi connectivity index (χ1) is 10.2. The molecular formula is C16H15Br2NS2. The lowest BCUT2D eigenvalue weighted by atomic mass is 10.0. The van der Waals surface area contributed by atoms with Gasteiger partial charge in [-0.2, -0.15) is 0 Å². The second-order valence-electron chi connectivity index (χ2n) is 4.88. The molecule has 1 aromatic carbocycles. The van der Waals surface area contributed by atoms with Crippen molar-refractivity contribution in [2.24, 2.45) is 0 Å². The predicted octanol–water partition coefficient (Wildman–Crippen LogP) is 6.58. The van der Waals surface area contributed by atoms with Gasteiger partial charge in [-0.15, -0.1) is 22.7 Å². The van der Waals surface area contributed by atoms with Gasteiger partial charge in [-0.3, -0.25) is 0 Å². The molecule has 0 spiro atoms. The Morgan fingerprint density at radius 1 is 1.19 bits per heavy atom. The fourth-order valence-corrected chi connectivity index (χ4v) is 5.29. The third kappa shape index (κ3) is 3.27. The van der Waals surface area contributed by atoms with Crippen molar-refractivity contribution in [3.8, 4) is 0 Å². The summed E-state index contributed by atoms with van der Waals surface area (Å²) in [5.74, 6) is 0. The molecule has 0 aliphatic carbocycles. The first kappa shape index (κ1) is 15.7. The Kier molecular flexibility index (Phi) is 5.17. The Morgan fingerprint density at radius 2 is 2.05 bits per heavy atom. The molecule has 0 saturated heterocycles. The van der Waals surface area contributed by atoms with E-state index < -0.39 is 0 Å². The summed E-state index contributed by atoms with van der Waals surface area (Å²) in [6, 6.07) is 8.92. The van der Waals surface area contributed by atoms with Crippen LogP contribution in [0.4, 0.5) is 0 Å². The molecule has 3 rings (SSSR count). The van der Waals surface area contributed by atoms with Gasteiger partial charge < -0.3 is 5.32 Å². The van der Waals surface area contributed by atoms with Crippen LogP contribution in [0.3, 0.4) is 0 Å². The van der Waals surface area contributed by atoms with Crippen LogP contribution >= 0.6 is 54.5 Å². The van der Waals surface area contributed by atoms with Crippen LogP contribution in [-0.2, 0) is 0 Å². The molecule has 0 aliphatic rings. The molecule has 5 heteroatoms. The van der Waals surface area contributed by atoms with Crippen LogP contribution < -0.4 is 5.32 Å². The highest BCUT2D eigenvalue weighted by atomic mass is 79.9. The lowest BCUT2D eigenvalue weighted by molar-refractivity contribution is 0.604. The number of thiophene rings is 2. The van der Waals surface area contributed by atoms with Crippen molar-refractivity contribution in [1.29, 1.82) is 0 Å². The highest BCUT2D eigenvalue weighted by Gasteiger charge is 2.19. The number of hydrogen-bond acceptors (Lipinski definition) is 3. The Balaban J connectivity index is 2.08. The first-order valence-corrected chi connectivity index (χ1v) is 10.2. The van der Waals surface area contributed by atoms with E-state index in [0.717, 1.165) is 13.0 Å². The zero-order valence-corrected chi connectivity index (χ0v) is 16.3. The molecule has 2 heterocycles. The van der Waals surface area contributed by atoms with E-state index in [1.165, 1.54) is 29.5 Å². The van der Waals surface area contributed by atoms with Gasteiger partial charge in [0, 0.05) is 9.17 Å². The molecule has 3 aromatic rings. The Morgan fingerprint density at radius 3 is 2.76 bits per heavy atom. The van der Waals surface area contributed by atoms with Crippen LogP contribution in [0.15, 0.2) is 43.3 Å². The van der Waals surface area contributed by atoms with Crippen LogP contribution in [0.25, 0.3) is 10.1 Å². The van der Waals surface area contributed by atoms with Gasteiger partial charge in [0.15, 0.2) is 0 Å². The summed E-state index contributed by atoms with van der Waals surface area (Å²) in [5, 5.41) is 9.55. The highest BCUT2D eigenvalue weighted by Crippen LogP contribution is 2.38. The quantitative estimate of drug-likeness (QED) is 0.468. The second kappa shape index (κ2) is 6.92. The van der Waals surface area contributed by atoms with E-state index >= 15 is 0 Å². The summed E-state index contributed by atoms with van der Waals surface area (Å²) in [4.78, 5) is 0. The van der Waals surface area contributed by atoms with Gasteiger partial charge in [-0.05, 0) is 84.2 Å². The van der Waals surface area contributed by atoms with Crippen molar-refractivity contribution in [1.82, 2.24) is 5.32 Å². The van der Waals surface area contributed by atoms with Crippen molar-refractivity contribution in [2.75, 3.05) is 6.54 Å². The van der Waals surface area contributed by atoms with E-state index in [-0.39, 0.29) is 6.04 Å². The van der Waals surface area contributed by atoms with Crippen molar-refractivity contribution < 1.29 is 0 Å². The largest absolute Gasteiger partial charge is 0.306 e. The van der Waals surface area contributed by atoms with Gasteiger partial charge >= 0.3 is 0 Å². The molecular weight excluding hydrogens is 430 g/mol. The van der Waals surface area contributed by atoms with Crippen molar-refractivity contribution >= 4 is 64.6 Å². The van der Waals surface area contributed by atoms with Gasteiger partial charge in [0.05, 0.1) is 9.83 Å². The van der Waals surface area contributed by atoms with Crippen LogP contribution in [0.5, 0.6) is 0 Å². The lowest BCUT2D eigenvalue weighted by Crippen LogP contribution is -2.22. The Labute approximate surface area is 149 Å². The number of rotatable bonds is 5.